The van der Waals surface area contributed by atoms with E-state index in [0.29, 0.717) is 24.7 Å². The van der Waals surface area contributed by atoms with Crippen LogP contribution < -0.4 is 0 Å². The smallest absolute Gasteiger partial charge is 0.302 e. The zero-order valence-corrected chi connectivity index (χ0v) is 15.5. The van der Waals surface area contributed by atoms with Crippen molar-refractivity contribution in [3.05, 3.63) is 11.6 Å². The first-order valence-electron chi connectivity index (χ1n) is 9.70. The van der Waals surface area contributed by atoms with Crippen molar-refractivity contribution in [2.75, 3.05) is 0 Å². The highest BCUT2D eigenvalue weighted by molar-refractivity contribution is 5.92. The molecular weight excluding hydrogens is 316 g/mol. The molecule has 0 aromatic heterocycles. The van der Waals surface area contributed by atoms with E-state index in [4.69, 9.17) is 4.74 Å². The molecule has 0 N–H and O–H groups in total. The molecule has 4 nitrogen and oxygen atoms in total. The van der Waals surface area contributed by atoms with Crippen LogP contribution in [0.1, 0.15) is 65.7 Å². The summed E-state index contributed by atoms with van der Waals surface area (Å²) in [5, 5.41) is 0. The highest BCUT2D eigenvalue weighted by atomic mass is 16.5. The minimum absolute atomic E-state index is 0.0740. The normalized spacial score (nSPS) is 46.0. The molecule has 0 heterocycles. The number of allylic oxidation sites excluding steroid dienone is 1. The molecule has 4 aliphatic carbocycles. The second-order valence-electron chi connectivity index (χ2n) is 9.12. The van der Waals surface area contributed by atoms with Crippen molar-refractivity contribution >= 4 is 17.5 Å². The molecule has 4 rings (SSSR count). The third-order valence-electron chi connectivity index (χ3n) is 7.95. The molecule has 25 heavy (non-hydrogen) atoms. The molecule has 3 saturated carbocycles. The van der Waals surface area contributed by atoms with Crippen molar-refractivity contribution in [3.63, 3.8) is 0 Å². The van der Waals surface area contributed by atoms with E-state index in [-0.39, 0.29) is 40.4 Å². The van der Waals surface area contributed by atoms with E-state index in [0.717, 1.165) is 32.1 Å². The van der Waals surface area contributed by atoms with Crippen LogP contribution in [-0.2, 0) is 19.1 Å². The average molecular weight is 344 g/mol. The Balaban J connectivity index is 1.71. The number of rotatable bonds is 1. The van der Waals surface area contributed by atoms with Crippen LogP contribution in [0.15, 0.2) is 11.6 Å². The van der Waals surface area contributed by atoms with Gasteiger partial charge in [-0.05, 0) is 55.4 Å². The monoisotopic (exact) mass is 344 g/mol. The SMILES string of the molecule is CC(=O)OC1CC(=O)[C@@]2(C)CC[C@H]3[C@@H](CCC4=CC(=O)CC[C@@]43C)[C@H]12. The third kappa shape index (κ3) is 2.36. The molecule has 0 aromatic rings. The Hall–Kier alpha value is -1.45. The van der Waals surface area contributed by atoms with Crippen LogP contribution in [0.2, 0.25) is 0 Å². The molecule has 4 heteroatoms. The maximum atomic E-state index is 12.8. The van der Waals surface area contributed by atoms with Crippen molar-refractivity contribution < 1.29 is 19.1 Å². The summed E-state index contributed by atoms with van der Waals surface area (Å²) in [7, 11) is 0. The minimum atomic E-state index is -0.344. The number of esters is 1. The van der Waals surface area contributed by atoms with Crippen molar-refractivity contribution in [1.82, 2.24) is 0 Å². The predicted molar refractivity (Wildman–Crippen MR) is 92.7 cm³/mol. The summed E-state index contributed by atoms with van der Waals surface area (Å²) >= 11 is 0. The molecule has 136 valence electrons. The van der Waals surface area contributed by atoms with Crippen LogP contribution in [0, 0.1) is 28.6 Å². The first-order valence-corrected chi connectivity index (χ1v) is 9.70. The molecule has 0 bridgehead atoms. The largest absolute Gasteiger partial charge is 0.462 e. The van der Waals surface area contributed by atoms with E-state index in [1.807, 2.05) is 6.08 Å². The van der Waals surface area contributed by atoms with Crippen molar-refractivity contribution in [2.45, 2.75) is 71.8 Å². The second-order valence-corrected chi connectivity index (χ2v) is 9.12. The van der Waals surface area contributed by atoms with Crippen LogP contribution in [0.25, 0.3) is 0 Å². The van der Waals surface area contributed by atoms with Gasteiger partial charge in [-0.1, -0.05) is 19.4 Å². The van der Waals surface area contributed by atoms with Gasteiger partial charge in [0.25, 0.3) is 0 Å². The molecule has 3 fully saturated rings. The van der Waals surface area contributed by atoms with Gasteiger partial charge in [0, 0.05) is 31.1 Å². The van der Waals surface area contributed by atoms with Crippen LogP contribution in [0.4, 0.5) is 0 Å². The molecule has 0 radical (unpaired) electrons. The van der Waals surface area contributed by atoms with Crippen LogP contribution in [0.5, 0.6) is 0 Å². The fraction of sp³-hybridized carbons (Fsp3) is 0.762. The van der Waals surface area contributed by atoms with Gasteiger partial charge in [-0.3, -0.25) is 14.4 Å². The van der Waals surface area contributed by atoms with Gasteiger partial charge in [0.05, 0.1) is 0 Å². The molecule has 0 spiro atoms. The van der Waals surface area contributed by atoms with E-state index in [1.165, 1.54) is 12.5 Å². The first-order chi connectivity index (χ1) is 11.8. The second kappa shape index (κ2) is 5.52. The van der Waals surface area contributed by atoms with Gasteiger partial charge in [-0.15, -0.1) is 0 Å². The molecule has 4 aliphatic rings. The zero-order valence-electron chi connectivity index (χ0n) is 15.5. The summed E-state index contributed by atoms with van der Waals surface area (Å²) in [5.41, 5.74) is 1.05. The quantitative estimate of drug-likeness (QED) is 0.682. The molecule has 0 aliphatic heterocycles. The number of carbonyl (C=O) groups excluding carboxylic acids is 3. The van der Waals surface area contributed by atoms with E-state index >= 15 is 0 Å². The Morgan fingerprint density at radius 2 is 1.88 bits per heavy atom. The average Bonchev–Trinajstić information content (AvgIpc) is 2.78. The van der Waals surface area contributed by atoms with Crippen LogP contribution in [0.3, 0.4) is 0 Å². The van der Waals surface area contributed by atoms with Gasteiger partial charge in [0.15, 0.2) is 5.78 Å². The highest BCUT2D eigenvalue weighted by Crippen LogP contribution is 2.64. The Kier molecular flexibility index (Phi) is 3.75. The molecule has 1 unspecified atom stereocenters. The minimum Gasteiger partial charge on any atom is -0.462 e. The summed E-state index contributed by atoms with van der Waals surface area (Å²) in [5.74, 6) is 1.29. The zero-order chi connectivity index (χ0) is 18.0. The summed E-state index contributed by atoms with van der Waals surface area (Å²) in [6, 6.07) is 0. The molecule has 6 atom stereocenters. The third-order valence-corrected chi connectivity index (χ3v) is 7.95. The molecule has 0 aromatic carbocycles. The van der Waals surface area contributed by atoms with E-state index < -0.39 is 0 Å². The molecule has 0 saturated heterocycles. The predicted octanol–water partition coefficient (Wildman–Crippen LogP) is 3.63. The Morgan fingerprint density at radius 1 is 1.12 bits per heavy atom. The fourth-order valence-electron chi connectivity index (χ4n) is 6.69. The summed E-state index contributed by atoms with van der Waals surface area (Å²) in [6.45, 7) is 5.86. The fourth-order valence-corrected chi connectivity index (χ4v) is 6.69. The standard InChI is InChI=1S/C21H28O4/c1-12(22)25-17-11-18(24)21(3)9-7-16-15(19(17)21)5-4-13-10-14(23)6-8-20(13,16)2/h10,15-17,19H,4-9,11H2,1-3H3/t15-,16+,17?,19-,20+,21-/m1/s1. The van der Waals surface area contributed by atoms with Crippen LogP contribution >= 0.6 is 0 Å². The van der Waals surface area contributed by atoms with E-state index in [1.54, 1.807) is 0 Å². The van der Waals surface area contributed by atoms with Crippen molar-refractivity contribution in [3.8, 4) is 0 Å². The van der Waals surface area contributed by atoms with Gasteiger partial charge in [-0.25, -0.2) is 0 Å². The van der Waals surface area contributed by atoms with Gasteiger partial charge >= 0.3 is 5.97 Å². The van der Waals surface area contributed by atoms with Gasteiger partial charge in [0.2, 0.25) is 0 Å². The number of ether oxygens (including phenoxy) is 1. The number of hydrogen-bond acceptors (Lipinski definition) is 4. The molecular formula is C21H28O4. The van der Waals surface area contributed by atoms with Crippen molar-refractivity contribution in [2.24, 2.45) is 28.6 Å². The summed E-state index contributed by atoms with van der Waals surface area (Å²) in [6.07, 6.45) is 7.44. The number of ketones is 2. The maximum Gasteiger partial charge on any atom is 0.302 e. The number of Topliss-reactive ketones (excluding diaryl/α,β-unsaturated/α-hetero) is 1. The van der Waals surface area contributed by atoms with E-state index in [9.17, 15) is 14.4 Å². The summed E-state index contributed by atoms with van der Waals surface area (Å²) < 4.78 is 5.62. The van der Waals surface area contributed by atoms with Gasteiger partial charge in [0.1, 0.15) is 11.9 Å². The lowest BCUT2D eigenvalue weighted by molar-refractivity contribution is -0.155. The first kappa shape index (κ1) is 17.0. The maximum absolute atomic E-state index is 12.8. The van der Waals surface area contributed by atoms with Crippen molar-refractivity contribution in [1.29, 1.82) is 0 Å². The summed E-state index contributed by atoms with van der Waals surface area (Å²) in [4.78, 5) is 36.2. The number of carbonyl (C=O) groups is 3. The van der Waals surface area contributed by atoms with E-state index in [2.05, 4.69) is 13.8 Å². The Labute approximate surface area is 149 Å². The lowest BCUT2D eigenvalue weighted by Crippen LogP contribution is -2.52. The lowest BCUT2D eigenvalue weighted by atomic mass is 9.47. The Bertz CT molecular complexity index is 677. The van der Waals surface area contributed by atoms with Crippen LogP contribution in [-0.4, -0.2) is 23.6 Å². The number of hydrogen-bond donors (Lipinski definition) is 0. The van der Waals surface area contributed by atoms with Gasteiger partial charge < -0.3 is 4.74 Å². The highest BCUT2D eigenvalue weighted by Gasteiger charge is 2.62. The molecule has 0 amide bonds. The lowest BCUT2D eigenvalue weighted by Gasteiger charge is -2.57. The number of fused-ring (bicyclic) bond motifs is 5. The Morgan fingerprint density at radius 3 is 2.60 bits per heavy atom. The topological polar surface area (TPSA) is 60.4 Å². The van der Waals surface area contributed by atoms with Gasteiger partial charge in [-0.2, -0.15) is 0 Å².